The molecule has 0 bridgehead atoms. The molecule has 1 aromatic heterocycles. The summed E-state index contributed by atoms with van der Waals surface area (Å²) >= 11 is 0. The molecule has 0 aromatic carbocycles. The van der Waals surface area contributed by atoms with Gasteiger partial charge >= 0.3 is 0 Å². The Labute approximate surface area is 114 Å². The smallest absolute Gasteiger partial charge is 0.228 e. The minimum Gasteiger partial charge on any atom is -0.361 e. The number of nitrogens with zero attached hydrogens (tertiary/aromatic N) is 2. The summed E-state index contributed by atoms with van der Waals surface area (Å²) in [6, 6.07) is 0. The van der Waals surface area contributed by atoms with E-state index in [1.165, 1.54) is 0 Å². The fourth-order valence-electron chi connectivity index (χ4n) is 2.69. The number of piperidine rings is 1. The molecule has 19 heavy (non-hydrogen) atoms. The Morgan fingerprint density at radius 1 is 1.42 bits per heavy atom. The van der Waals surface area contributed by atoms with Crippen LogP contribution in [0.15, 0.2) is 4.52 Å². The van der Waals surface area contributed by atoms with Crippen LogP contribution in [0.1, 0.15) is 36.8 Å². The van der Waals surface area contributed by atoms with E-state index in [9.17, 15) is 4.79 Å². The van der Waals surface area contributed by atoms with Crippen LogP contribution < -0.4 is 5.32 Å². The Morgan fingerprint density at radius 2 is 2.05 bits per heavy atom. The van der Waals surface area contributed by atoms with E-state index in [1.54, 1.807) is 4.90 Å². The molecule has 1 N–H and O–H groups in total. The van der Waals surface area contributed by atoms with E-state index in [-0.39, 0.29) is 11.3 Å². The molecule has 5 nitrogen and oxygen atoms in total. The second kappa shape index (κ2) is 5.33. The Morgan fingerprint density at radius 3 is 2.58 bits per heavy atom. The van der Waals surface area contributed by atoms with Gasteiger partial charge in [0.25, 0.3) is 0 Å². The quantitative estimate of drug-likeness (QED) is 0.902. The summed E-state index contributed by atoms with van der Waals surface area (Å²) in [5.74, 6) is 1.02. The zero-order valence-corrected chi connectivity index (χ0v) is 12.2. The fourth-order valence-corrected chi connectivity index (χ4v) is 2.69. The minimum absolute atomic E-state index is 0.217. The Balaban J connectivity index is 2.07. The first-order valence-corrected chi connectivity index (χ1v) is 6.82. The largest absolute Gasteiger partial charge is 0.361 e. The number of carbonyl (C=O) groups excluding carboxylic acids is 1. The van der Waals surface area contributed by atoms with Gasteiger partial charge in [-0.1, -0.05) is 12.1 Å². The predicted molar refractivity (Wildman–Crippen MR) is 72.7 cm³/mol. The minimum atomic E-state index is -0.237. The molecular formula is C14H23N3O2. The first kappa shape index (κ1) is 14.1. The zero-order valence-electron chi connectivity index (χ0n) is 12.2. The number of hydrogen-bond acceptors (Lipinski definition) is 4. The average Bonchev–Trinajstić information content (AvgIpc) is 2.70. The molecule has 0 spiro atoms. The highest BCUT2D eigenvalue weighted by molar-refractivity contribution is 5.82. The second-order valence-electron chi connectivity index (χ2n) is 5.77. The van der Waals surface area contributed by atoms with Crippen molar-refractivity contribution in [2.75, 3.05) is 20.1 Å². The number of aromatic nitrogens is 1. The van der Waals surface area contributed by atoms with Gasteiger partial charge < -0.3 is 14.7 Å². The molecule has 0 saturated carbocycles. The van der Waals surface area contributed by atoms with Gasteiger partial charge in [-0.25, -0.2) is 0 Å². The molecule has 106 valence electrons. The fraction of sp³-hybridized carbons (Fsp3) is 0.714. The second-order valence-corrected chi connectivity index (χ2v) is 5.77. The number of hydrogen-bond donors (Lipinski definition) is 1. The number of amides is 1. The number of aryl methyl sites for hydroxylation is 2. The lowest BCUT2D eigenvalue weighted by atomic mass is 9.79. The molecular weight excluding hydrogens is 242 g/mol. The highest BCUT2D eigenvalue weighted by Gasteiger charge is 2.36. The highest BCUT2D eigenvalue weighted by Crippen LogP contribution is 2.30. The lowest BCUT2D eigenvalue weighted by Gasteiger charge is -2.36. The zero-order chi connectivity index (χ0) is 14.0. The molecule has 5 heteroatoms. The van der Waals surface area contributed by atoms with Gasteiger partial charge in [0, 0.05) is 18.0 Å². The van der Waals surface area contributed by atoms with Gasteiger partial charge in [-0.05, 0) is 39.8 Å². The van der Waals surface area contributed by atoms with Crippen LogP contribution in [-0.4, -0.2) is 36.1 Å². The maximum absolute atomic E-state index is 12.6. The Bertz CT molecular complexity index is 442. The van der Waals surface area contributed by atoms with E-state index in [2.05, 4.69) is 17.4 Å². The van der Waals surface area contributed by atoms with Crippen LogP contribution in [0, 0.1) is 19.3 Å². The van der Waals surface area contributed by atoms with E-state index in [0.29, 0.717) is 6.54 Å². The van der Waals surface area contributed by atoms with Crippen LogP contribution in [-0.2, 0) is 11.3 Å². The van der Waals surface area contributed by atoms with Crippen molar-refractivity contribution >= 4 is 5.91 Å². The lowest BCUT2D eigenvalue weighted by molar-refractivity contribution is -0.141. The van der Waals surface area contributed by atoms with Crippen molar-refractivity contribution in [1.82, 2.24) is 15.4 Å². The van der Waals surface area contributed by atoms with Gasteiger partial charge in [0.2, 0.25) is 5.91 Å². The molecule has 1 fully saturated rings. The van der Waals surface area contributed by atoms with Gasteiger partial charge in [0.05, 0.1) is 12.2 Å². The van der Waals surface area contributed by atoms with Crippen molar-refractivity contribution in [3.05, 3.63) is 17.0 Å². The summed E-state index contributed by atoms with van der Waals surface area (Å²) < 4.78 is 5.15. The molecule has 0 unspecified atom stereocenters. The van der Waals surface area contributed by atoms with Gasteiger partial charge in [0.15, 0.2) is 0 Å². The van der Waals surface area contributed by atoms with Crippen molar-refractivity contribution in [3.63, 3.8) is 0 Å². The van der Waals surface area contributed by atoms with Crippen LogP contribution in [0.25, 0.3) is 0 Å². The molecule has 1 aliphatic heterocycles. The summed E-state index contributed by atoms with van der Waals surface area (Å²) in [5, 5.41) is 7.24. The highest BCUT2D eigenvalue weighted by atomic mass is 16.5. The molecule has 1 aromatic rings. The summed E-state index contributed by atoms with van der Waals surface area (Å²) in [5.41, 5.74) is 1.65. The number of rotatable bonds is 3. The SMILES string of the molecule is Cc1noc(C)c1CN(C)C(=O)C1(C)CCNCC1. The Kier molecular flexibility index (Phi) is 3.94. The Hall–Kier alpha value is -1.36. The third kappa shape index (κ3) is 2.81. The summed E-state index contributed by atoms with van der Waals surface area (Å²) in [4.78, 5) is 14.4. The summed E-state index contributed by atoms with van der Waals surface area (Å²) in [7, 11) is 1.86. The first-order chi connectivity index (χ1) is 8.94. The van der Waals surface area contributed by atoms with Crippen LogP contribution in [0.4, 0.5) is 0 Å². The standard InChI is InChI=1S/C14H23N3O2/c1-10-12(11(2)19-16-10)9-17(4)13(18)14(3)5-7-15-8-6-14/h15H,5-9H2,1-4H3. The number of carbonyl (C=O) groups is 1. The number of nitrogens with one attached hydrogen (secondary N) is 1. The first-order valence-electron chi connectivity index (χ1n) is 6.82. The van der Waals surface area contributed by atoms with Crippen LogP contribution in [0.2, 0.25) is 0 Å². The van der Waals surface area contributed by atoms with Crippen molar-refractivity contribution in [2.24, 2.45) is 5.41 Å². The molecule has 1 amide bonds. The van der Waals surface area contributed by atoms with Gasteiger partial charge in [-0.3, -0.25) is 4.79 Å². The average molecular weight is 265 g/mol. The third-order valence-electron chi connectivity index (χ3n) is 4.15. The topological polar surface area (TPSA) is 58.4 Å². The van der Waals surface area contributed by atoms with Gasteiger partial charge in [-0.15, -0.1) is 0 Å². The van der Waals surface area contributed by atoms with E-state index in [0.717, 1.165) is 42.9 Å². The van der Waals surface area contributed by atoms with Crippen molar-refractivity contribution < 1.29 is 9.32 Å². The molecule has 2 heterocycles. The predicted octanol–water partition coefficient (Wildman–Crippen LogP) is 1.64. The van der Waals surface area contributed by atoms with Crippen molar-refractivity contribution in [2.45, 2.75) is 40.2 Å². The maximum atomic E-state index is 12.6. The van der Waals surface area contributed by atoms with Crippen LogP contribution in [0.5, 0.6) is 0 Å². The van der Waals surface area contributed by atoms with Gasteiger partial charge in [0.1, 0.15) is 5.76 Å². The van der Waals surface area contributed by atoms with Crippen molar-refractivity contribution in [3.8, 4) is 0 Å². The third-order valence-corrected chi connectivity index (χ3v) is 4.15. The van der Waals surface area contributed by atoms with Crippen molar-refractivity contribution in [1.29, 1.82) is 0 Å². The van der Waals surface area contributed by atoms with E-state index >= 15 is 0 Å². The molecule has 2 rings (SSSR count). The maximum Gasteiger partial charge on any atom is 0.228 e. The van der Waals surface area contributed by atoms with E-state index in [1.807, 2.05) is 20.9 Å². The van der Waals surface area contributed by atoms with Crippen LogP contribution in [0.3, 0.4) is 0 Å². The molecule has 0 aliphatic carbocycles. The molecule has 0 radical (unpaired) electrons. The molecule has 0 atom stereocenters. The molecule has 1 saturated heterocycles. The monoisotopic (exact) mass is 265 g/mol. The molecule has 1 aliphatic rings. The normalized spacial score (nSPS) is 18.3. The van der Waals surface area contributed by atoms with E-state index in [4.69, 9.17) is 4.52 Å². The summed E-state index contributed by atoms with van der Waals surface area (Å²) in [6.45, 7) is 8.28. The van der Waals surface area contributed by atoms with E-state index < -0.39 is 0 Å². The van der Waals surface area contributed by atoms with Gasteiger partial charge in [-0.2, -0.15) is 0 Å². The lowest BCUT2D eigenvalue weighted by Crippen LogP contribution is -2.46. The van der Waals surface area contributed by atoms with Crippen LogP contribution >= 0.6 is 0 Å². The summed E-state index contributed by atoms with van der Waals surface area (Å²) in [6.07, 6.45) is 1.80.